The van der Waals surface area contributed by atoms with Gasteiger partial charge in [-0.05, 0) is 25.8 Å². The van der Waals surface area contributed by atoms with Crippen molar-refractivity contribution in [2.24, 2.45) is 0 Å². The van der Waals surface area contributed by atoms with Crippen molar-refractivity contribution >= 4 is 11.6 Å². The monoisotopic (exact) mass is 241 g/mol. The predicted molar refractivity (Wildman–Crippen MR) is 66.8 cm³/mol. The van der Waals surface area contributed by atoms with E-state index < -0.39 is 0 Å². The quantitative estimate of drug-likeness (QED) is 0.804. The van der Waals surface area contributed by atoms with E-state index in [2.05, 4.69) is 34.3 Å². The fraction of sp³-hybridized carbons (Fsp3) is 0.750. The molecule has 1 atom stereocenters. The molecule has 0 spiro atoms. The highest BCUT2D eigenvalue weighted by Gasteiger charge is 2.17. The number of nitrogens with zero attached hydrogens (tertiary/aromatic N) is 2. The normalized spacial score (nSPS) is 19.1. The minimum absolute atomic E-state index is 0.346. The van der Waals surface area contributed by atoms with E-state index in [0.29, 0.717) is 18.0 Å². The molecule has 1 unspecified atom stereocenters. The van der Waals surface area contributed by atoms with Crippen LogP contribution in [0.3, 0.4) is 0 Å². The first-order valence-corrected chi connectivity index (χ1v) is 6.66. The van der Waals surface area contributed by atoms with E-state index >= 15 is 0 Å². The van der Waals surface area contributed by atoms with E-state index in [0.717, 1.165) is 12.2 Å². The number of aromatic nitrogens is 2. The molecule has 1 saturated carbocycles. The number of halogens is 1. The van der Waals surface area contributed by atoms with Crippen molar-refractivity contribution in [1.29, 1.82) is 0 Å². The van der Waals surface area contributed by atoms with Crippen LogP contribution in [0, 0.1) is 0 Å². The van der Waals surface area contributed by atoms with Crippen LogP contribution >= 0.6 is 11.6 Å². The van der Waals surface area contributed by atoms with Crippen molar-refractivity contribution in [3.63, 3.8) is 0 Å². The van der Waals surface area contributed by atoms with Gasteiger partial charge >= 0.3 is 0 Å². The van der Waals surface area contributed by atoms with Crippen molar-refractivity contribution in [2.45, 2.75) is 51.2 Å². The lowest BCUT2D eigenvalue weighted by atomic mass is 10.3. The lowest BCUT2D eigenvalue weighted by molar-refractivity contribution is 0.459. The van der Waals surface area contributed by atoms with E-state index in [1.54, 1.807) is 0 Å². The zero-order valence-electron chi connectivity index (χ0n) is 9.82. The van der Waals surface area contributed by atoms with Crippen LogP contribution in [0.5, 0.6) is 0 Å². The van der Waals surface area contributed by atoms with Crippen LogP contribution in [0.1, 0.15) is 44.3 Å². The smallest absolute Gasteiger partial charge is 0.0762 e. The molecule has 1 aromatic rings. The van der Waals surface area contributed by atoms with E-state index in [1.807, 2.05) is 0 Å². The average Bonchev–Trinajstić information content (AvgIpc) is 2.95. The Morgan fingerprint density at radius 2 is 2.31 bits per heavy atom. The molecule has 0 radical (unpaired) electrons. The minimum Gasteiger partial charge on any atom is -0.307 e. The molecular formula is C12H20ClN3. The van der Waals surface area contributed by atoms with E-state index in [4.69, 9.17) is 11.6 Å². The molecule has 3 nitrogen and oxygen atoms in total. The zero-order chi connectivity index (χ0) is 11.4. The summed E-state index contributed by atoms with van der Waals surface area (Å²) in [6, 6.07) is 3.09. The summed E-state index contributed by atoms with van der Waals surface area (Å²) in [5.41, 5.74) is 1.11. The first kappa shape index (κ1) is 11.9. The second-order valence-corrected chi connectivity index (χ2v) is 4.97. The molecule has 1 heterocycles. The highest BCUT2D eigenvalue weighted by Crippen LogP contribution is 2.28. The number of hydrogen-bond acceptors (Lipinski definition) is 2. The SMILES string of the molecule is CC(CCl)NCc1ccn(C2CCCC2)n1. The van der Waals surface area contributed by atoms with Gasteiger partial charge in [0.25, 0.3) is 0 Å². The van der Waals surface area contributed by atoms with E-state index in [9.17, 15) is 0 Å². The Hall–Kier alpha value is -0.540. The fourth-order valence-corrected chi connectivity index (χ4v) is 2.29. The van der Waals surface area contributed by atoms with Gasteiger partial charge in [-0.3, -0.25) is 4.68 Å². The molecule has 1 aliphatic rings. The molecule has 1 fully saturated rings. The molecule has 16 heavy (non-hydrogen) atoms. The highest BCUT2D eigenvalue weighted by molar-refractivity contribution is 6.18. The molecule has 0 aliphatic heterocycles. The topological polar surface area (TPSA) is 29.9 Å². The molecule has 1 aliphatic carbocycles. The van der Waals surface area contributed by atoms with Crippen molar-refractivity contribution in [3.05, 3.63) is 18.0 Å². The van der Waals surface area contributed by atoms with Gasteiger partial charge in [0.1, 0.15) is 0 Å². The Kier molecular flexibility index (Phi) is 4.24. The maximum atomic E-state index is 5.74. The number of alkyl halides is 1. The van der Waals surface area contributed by atoms with Crippen LogP contribution in [0.4, 0.5) is 0 Å². The predicted octanol–water partition coefficient (Wildman–Crippen LogP) is 2.72. The molecule has 1 aromatic heterocycles. The molecule has 0 bridgehead atoms. The van der Waals surface area contributed by atoms with E-state index in [1.165, 1.54) is 25.7 Å². The van der Waals surface area contributed by atoms with Gasteiger partial charge in [0.15, 0.2) is 0 Å². The number of hydrogen-bond donors (Lipinski definition) is 1. The molecule has 0 saturated heterocycles. The summed E-state index contributed by atoms with van der Waals surface area (Å²) in [6.07, 6.45) is 7.38. The van der Waals surface area contributed by atoms with Crippen LogP contribution in [0.25, 0.3) is 0 Å². The Balaban J connectivity index is 1.86. The summed E-state index contributed by atoms with van der Waals surface area (Å²) in [7, 11) is 0. The average molecular weight is 242 g/mol. The Morgan fingerprint density at radius 1 is 1.56 bits per heavy atom. The van der Waals surface area contributed by atoms with Crippen LogP contribution in [-0.2, 0) is 6.54 Å². The Morgan fingerprint density at radius 3 is 3.00 bits per heavy atom. The lowest BCUT2D eigenvalue weighted by Crippen LogP contribution is -2.27. The maximum Gasteiger partial charge on any atom is 0.0762 e. The molecule has 0 aromatic carbocycles. The second kappa shape index (κ2) is 5.69. The summed E-state index contributed by atoms with van der Waals surface area (Å²) in [5.74, 6) is 0.642. The van der Waals surface area contributed by atoms with Gasteiger partial charge in [-0.25, -0.2) is 0 Å². The third-order valence-corrected chi connectivity index (χ3v) is 3.69. The van der Waals surface area contributed by atoms with Crippen LogP contribution in [-0.4, -0.2) is 21.7 Å². The van der Waals surface area contributed by atoms with Crippen LogP contribution in [0.15, 0.2) is 12.3 Å². The van der Waals surface area contributed by atoms with Gasteiger partial charge in [0.2, 0.25) is 0 Å². The van der Waals surface area contributed by atoms with Crippen molar-refractivity contribution in [3.8, 4) is 0 Å². The van der Waals surface area contributed by atoms with Gasteiger partial charge in [-0.1, -0.05) is 12.8 Å². The minimum atomic E-state index is 0.346. The van der Waals surface area contributed by atoms with Crippen LogP contribution in [0.2, 0.25) is 0 Å². The third-order valence-electron chi connectivity index (χ3n) is 3.23. The second-order valence-electron chi connectivity index (χ2n) is 4.66. The van der Waals surface area contributed by atoms with Gasteiger partial charge in [0, 0.05) is 24.7 Å². The van der Waals surface area contributed by atoms with Crippen molar-refractivity contribution < 1.29 is 0 Å². The standard InChI is InChI=1S/C12H20ClN3/c1-10(8-13)14-9-11-6-7-16(15-11)12-4-2-3-5-12/h6-7,10,12,14H,2-5,8-9H2,1H3. The molecule has 4 heteroatoms. The van der Waals surface area contributed by atoms with Gasteiger partial charge in [-0.2, -0.15) is 5.10 Å². The van der Waals surface area contributed by atoms with Gasteiger partial charge in [0.05, 0.1) is 11.7 Å². The largest absolute Gasteiger partial charge is 0.307 e. The molecule has 90 valence electrons. The summed E-state index contributed by atoms with van der Waals surface area (Å²) < 4.78 is 2.13. The number of rotatable bonds is 5. The van der Waals surface area contributed by atoms with Gasteiger partial charge in [-0.15, -0.1) is 11.6 Å². The summed E-state index contributed by atoms with van der Waals surface area (Å²) in [5, 5.41) is 7.95. The molecular weight excluding hydrogens is 222 g/mol. The fourth-order valence-electron chi connectivity index (χ4n) is 2.18. The Labute approximate surface area is 102 Å². The van der Waals surface area contributed by atoms with Gasteiger partial charge < -0.3 is 5.32 Å². The van der Waals surface area contributed by atoms with Crippen LogP contribution < -0.4 is 5.32 Å². The number of nitrogens with one attached hydrogen (secondary N) is 1. The third kappa shape index (κ3) is 2.98. The molecule has 0 amide bonds. The van der Waals surface area contributed by atoms with Crippen molar-refractivity contribution in [1.82, 2.24) is 15.1 Å². The highest BCUT2D eigenvalue weighted by atomic mass is 35.5. The lowest BCUT2D eigenvalue weighted by Gasteiger charge is -2.10. The summed E-state index contributed by atoms with van der Waals surface area (Å²) in [6.45, 7) is 2.90. The zero-order valence-corrected chi connectivity index (χ0v) is 10.6. The first-order chi connectivity index (χ1) is 7.79. The summed E-state index contributed by atoms with van der Waals surface area (Å²) >= 11 is 5.74. The first-order valence-electron chi connectivity index (χ1n) is 6.13. The Bertz CT molecular complexity index is 318. The summed E-state index contributed by atoms with van der Waals surface area (Å²) in [4.78, 5) is 0. The molecule has 2 rings (SSSR count). The maximum absolute atomic E-state index is 5.74. The van der Waals surface area contributed by atoms with Crippen molar-refractivity contribution in [2.75, 3.05) is 5.88 Å². The van der Waals surface area contributed by atoms with E-state index in [-0.39, 0.29) is 0 Å². The molecule has 1 N–H and O–H groups in total.